The van der Waals surface area contributed by atoms with Crippen molar-refractivity contribution in [2.24, 2.45) is 5.92 Å². The Kier molecular flexibility index (Phi) is 5.39. The first kappa shape index (κ1) is 19.5. The minimum absolute atomic E-state index is 0.0634. The fraction of sp³-hybridized carbons (Fsp3) is 0.435. The van der Waals surface area contributed by atoms with Gasteiger partial charge in [0.25, 0.3) is 0 Å². The number of thiazole rings is 1. The van der Waals surface area contributed by atoms with Gasteiger partial charge in [-0.1, -0.05) is 24.3 Å². The van der Waals surface area contributed by atoms with Crippen molar-refractivity contribution in [3.8, 4) is 0 Å². The lowest BCUT2D eigenvalue weighted by Crippen LogP contribution is -2.43. The number of rotatable bonds is 4. The average Bonchev–Trinajstić information content (AvgIpc) is 3.42. The standard InChI is InChI=1S/C23H26N4O2S/c1-16-25-19(15-30-16)13-26-9-8-24-22(26)21-14-27(12-18-4-2-3-5-20(18)21)23(28)17-6-10-29-11-7-17/h2-5,8-9,15,17,21H,6-7,10-14H2,1H3. The summed E-state index contributed by atoms with van der Waals surface area (Å²) in [5.41, 5.74) is 3.54. The Morgan fingerprint density at radius 1 is 1.27 bits per heavy atom. The quantitative estimate of drug-likeness (QED) is 0.645. The van der Waals surface area contributed by atoms with E-state index in [1.807, 2.05) is 24.2 Å². The highest BCUT2D eigenvalue weighted by atomic mass is 32.1. The summed E-state index contributed by atoms with van der Waals surface area (Å²) in [5, 5.41) is 3.18. The molecule has 0 aliphatic carbocycles. The number of hydrogen-bond donors (Lipinski definition) is 0. The third kappa shape index (κ3) is 3.79. The van der Waals surface area contributed by atoms with Crippen LogP contribution in [-0.4, -0.2) is 45.1 Å². The number of nitrogens with zero attached hydrogens (tertiary/aromatic N) is 4. The Hall–Kier alpha value is -2.51. The molecule has 1 amide bonds. The smallest absolute Gasteiger partial charge is 0.226 e. The number of ether oxygens (including phenoxy) is 1. The molecule has 2 aromatic heterocycles. The average molecular weight is 423 g/mol. The van der Waals surface area contributed by atoms with Gasteiger partial charge in [-0.05, 0) is 30.9 Å². The summed E-state index contributed by atoms with van der Waals surface area (Å²) in [6.07, 6.45) is 5.52. The van der Waals surface area contributed by atoms with Crippen molar-refractivity contribution in [1.29, 1.82) is 0 Å². The zero-order chi connectivity index (χ0) is 20.5. The molecule has 1 unspecified atom stereocenters. The Morgan fingerprint density at radius 2 is 2.10 bits per heavy atom. The van der Waals surface area contributed by atoms with E-state index < -0.39 is 0 Å². The zero-order valence-corrected chi connectivity index (χ0v) is 18.0. The summed E-state index contributed by atoms with van der Waals surface area (Å²) in [5.74, 6) is 1.39. The highest BCUT2D eigenvalue weighted by Gasteiger charge is 2.34. The fourth-order valence-corrected chi connectivity index (χ4v) is 5.22. The Balaban J connectivity index is 1.45. The van der Waals surface area contributed by atoms with Crippen LogP contribution in [-0.2, 0) is 22.6 Å². The molecule has 30 heavy (non-hydrogen) atoms. The highest BCUT2D eigenvalue weighted by molar-refractivity contribution is 7.09. The lowest BCUT2D eigenvalue weighted by molar-refractivity contribution is -0.139. The minimum Gasteiger partial charge on any atom is -0.381 e. The Labute approximate surface area is 180 Å². The molecule has 4 heterocycles. The maximum atomic E-state index is 13.3. The van der Waals surface area contributed by atoms with E-state index in [1.54, 1.807) is 11.3 Å². The maximum absolute atomic E-state index is 13.3. The van der Waals surface area contributed by atoms with Crippen LogP contribution in [0.5, 0.6) is 0 Å². The van der Waals surface area contributed by atoms with Crippen LogP contribution < -0.4 is 0 Å². The minimum atomic E-state index is 0.0634. The summed E-state index contributed by atoms with van der Waals surface area (Å²) in [7, 11) is 0. The van der Waals surface area contributed by atoms with Gasteiger partial charge in [0.15, 0.2) is 0 Å². The molecular weight excluding hydrogens is 396 g/mol. The summed E-state index contributed by atoms with van der Waals surface area (Å²) in [6.45, 7) is 5.44. The molecule has 1 fully saturated rings. The molecule has 6 nitrogen and oxygen atoms in total. The van der Waals surface area contributed by atoms with Gasteiger partial charge in [0.2, 0.25) is 5.91 Å². The highest BCUT2D eigenvalue weighted by Crippen LogP contribution is 2.34. The van der Waals surface area contributed by atoms with Gasteiger partial charge in [-0.25, -0.2) is 9.97 Å². The van der Waals surface area contributed by atoms with Gasteiger partial charge < -0.3 is 14.2 Å². The van der Waals surface area contributed by atoms with Gasteiger partial charge in [0.05, 0.1) is 23.2 Å². The second-order valence-electron chi connectivity index (χ2n) is 8.13. The molecule has 0 spiro atoms. The molecule has 5 rings (SSSR count). The van der Waals surface area contributed by atoms with Crippen molar-refractivity contribution in [2.75, 3.05) is 19.8 Å². The predicted molar refractivity (Wildman–Crippen MR) is 115 cm³/mol. The lowest BCUT2D eigenvalue weighted by atomic mass is 9.87. The van der Waals surface area contributed by atoms with Crippen LogP contribution in [0.25, 0.3) is 0 Å². The number of amides is 1. The van der Waals surface area contributed by atoms with E-state index in [1.165, 1.54) is 11.1 Å². The normalized spacial score (nSPS) is 19.6. The first-order valence-corrected chi connectivity index (χ1v) is 11.4. The van der Waals surface area contributed by atoms with Crippen LogP contribution in [0.1, 0.15) is 46.4 Å². The molecule has 156 valence electrons. The van der Waals surface area contributed by atoms with Crippen molar-refractivity contribution >= 4 is 17.2 Å². The van der Waals surface area contributed by atoms with Gasteiger partial charge in [-0.2, -0.15) is 0 Å². The molecule has 0 radical (unpaired) electrons. The molecule has 0 bridgehead atoms. The van der Waals surface area contributed by atoms with Crippen molar-refractivity contribution in [3.05, 3.63) is 69.7 Å². The lowest BCUT2D eigenvalue weighted by Gasteiger charge is -2.37. The van der Waals surface area contributed by atoms with Crippen LogP contribution in [0.15, 0.2) is 42.0 Å². The molecule has 3 aromatic rings. The molecule has 0 saturated carbocycles. The molecule has 7 heteroatoms. The number of aryl methyl sites for hydroxylation is 1. The van der Waals surface area contributed by atoms with Gasteiger partial charge in [-0.3, -0.25) is 4.79 Å². The molecule has 0 N–H and O–H groups in total. The van der Waals surface area contributed by atoms with Crippen LogP contribution in [0.4, 0.5) is 0 Å². The van der Waals surface area contributed by atoms with Crippen molar-refractivity contribution in [3.63, 3.8) is 0 Å². The largest absolute Gasteiger partial charge is 0.381 e. The molecule has 2 aliphatic heterocycles. The predicted octanol–water partition coefficient (Wildman–Crippen LogP) is 3.60. The molecule has 1 saturated heterocycles. The van der Waals surface area contributed by atoms with E-state index >= 15 is 0 Å². The van der Waals surface area contributed by atoms with Crippen LogP contribution in [0.3, 0.4) is 0 Å². The first-order valence-electron chi connectivity index (χ1n) is 10.6. The number of carbonyl (C=O) groups is 1. The van der Waals surface area contributed by atoms with Crippen molar-refractivity contribution < 1.29 is 9.53 Å². The van der Waals surface area contributed by atoms with E-state index in [-0.39, 0.29) is 17.7 Å². The fourth-order valence-electron chi connectivity index (χ4n) is 4.62. The van der Waals surface area contributed by atoms with E-state index in [0.717, 1.165) is 29.4 Å². The van der Waals surface area contributed by atoms with Gasteiger partial charge in [0, 0.05) is 50.0 Å². The van der Waals surface area contributed by atoms with E-state index in [0.29, 0.717) is 32.8 Å². The topological polar surface area (TPSA) is 60.2 Å². The number of hydrogen-bond acceptors (Lipinski definition) is 5. The monoisotopic (exact) mass is 422 g/mol. The summed E-state index contributed by atoms with van der Waals surface area (Å²) in [4.78, 5) is 24.7. The van der Waals surface area contributed by atoms with Gasteiger partial charge in [-0.15, -0.1) is 11.3 Å². The number of fused-ring (bicyclic) bond motifs is 1. The first-order chi connectivity index (χ1) is 14.7. The summed E-state index contributed by atoms with van der Waals surface area (Å²) < 4.78 is 7.64. The Morgan fingerprint density at radius 3 is 2.90 bits per heavy atom. The van der Waals surface area contributed by atoms with E-state index in [9.17, 15) is 4.79 Å². The zero-order valence-electron chi connectivity index (χ0n) is 17.2. The van der Waals surface area contributed by atoms with Crippen LogP contribution in [0.2, 0.25) is 0 Å². The van der Waals surface area contributed by atoms with Gasteiger partial charge in [0.1, 0.15) is 5.82 Å². The van der Waals surface area contributed by atoms with Gasteiger partial charge >= 0.3 is 0 Å². The number of aromatic nitrogens is 3. The second kappa shape index (κ2) is 8.32. The number of imidazole rings is 1. The van der Waals surface area contributed by atoms with E-state index in [2.05, 4.69) is 39.2 Å². The SMILES string of the molecule is Cc1nc(Cn2ccnc2C2CN(C(=O)C3CCOCC3)Cc3ccccc32)cs1. The van der Waals surface area contributed by atoms with Crippen molar-refractivity contribution in [2.45, 2.75) is 38.8 Å². The third-order valence-corrected chi connectivity index (χ3v) is 6.96. The molecule has 1 atom stereocenters. The molecular formula is C23H26N4O2S. The Bertz CT molecular complexity index is 1040. The second-order valence-corrected chi connectivity index (χ2v) is 9.19. The summed E-state index contributed by atoms with van der Waals surface area (Å²) >= 11 is 1.67. The van der Waals surface area contributed by atoms with Crippen LogP contribution >= 0.6 is 11.3 Å². The van der Waals surface area contributed by atoms with Crippen molar-refractivity contribution in [1.82, 2.24) is 19.4 Å². The maximum Gasteiger partial charge on any atom is 0.226 e. The number of carbonyl (C=O) groups excluding carboxylic acids is 1. The van der Waals surface area contributed by atoms with Crippen LogP contribution in [0, 0.1) is 12.8 Å². The number of benzene rings is 1. The van der Waals surface area contributed by atoms with E-state index in [4.69, 9.17) is 9.72 Å². The third-order valence-electron chi connectivity index (χ3n) is 6.14. The molecule has 2 aliphatic rings. The molecule has 1 aromatic carbocycles. The summed E-state index contributed by atoms with van der Waals surface area (Å²) in [6, 6.07) is 8.47.